The molecular weight excluding hydrogens is 466 g/mol. The Morgan fingerprint density at radius 2 is 1.94 bits per heavy atom. The molecule has 0 bridgehead atoms. The van der Waals surface area contributed by atoms with Crippen molar-refractivity contribution in [1.29, 1.82) is 0 Å². The Balaban J connectivity index is 1.61. The highest BCUT2D eigenvalue weighted by Gasteiger charge is 2.25. The van der Waals surface area contributed by atoms with Crippen LogP contribution in [0.3, 0.4) is 0 Å². The number of benzene rings is 1. The SMILES string of the molecule is Cc1ccc(-n2c(SC(C)C(=O)Nc3ncccn3)nc3sc4c(c3c2=O)CCCC4)c(C)c1. The number of rotatable bonds is 5. The second-order valence-electron chi connectivity index (χ2n) is 8.54. The smallest absolute Gasteiger partial charge is 0.267 e. The summed E-state index contributed by atoms with van der Waals surface area (Å²) in [5.41, 5.74) is 4.01. The first-order valence-electron chi connectivity index (χ1n) is 11.3. The van der Waals surface area contributed by atoms with Gasteiger partial charge in [0.2, 0.25) is 11.9 Å². The molecule has 0 saturated heterocycles. The number of fused-ring (bicyclic) bond motifs is 3. The summed E-state index contributed by atoms with van der Waals surface area (Å²) >= 11 is 2.89. The highest BCUT2D eigenvalue weighted by molar-refractivity contribution is 8.00. The second kappa shape index (κ2) is 9.31. The standard InChI is InChI=1S/C25H25N5O2S2/c1-14-9-10-18(15(2)13-14)30-23(32)20-17-7-4-5-8-19(17)34-22(20)29-25(30)33-16(3)21(31)28-24-26-11-6-12-27-24/h6,9-13,16H,4-5,7-8H2,1-3H3,(H,26,27,28,31). The zero-order valence-electron chi connectivity index (χ0n) is 19.3. The minimum absolute atomic E-state index is 0.0575. The summed E-state index contributed by atoms with van der Waals surface area (Å²) < 4.78 is 1.69. The Kier molecular flexibility index (Phi) is 6.22. The number of aryl methyl sites for hydroxylation is 4. The zero-order valence-corrected chi connectivity index (χ0v) is 20.9. The molecule has 1 aliphatic carbocycles. The number of anilines is 1. The molecular formula is C25H25N5O2S2. The summed E-state index contributed by atoms with van der Waals surface area (Å²) in [5, 5.41) is 3.47. The molecule has 1 N–H and O–H groups in total. The van der Waals surface area contributed by atoms with Gasteiger partial charge in [0.25, 0.3) is 5.56 Å². The van der Waals surface area contributed by atoms with Crippen LogP contribution in [-0.2, 0) is 17.6 Å². The summed E-state index contributed by atoms with van der Waals surface area (Å²) in [6.07, 6.45) is 7.31. The maximum absolute atomic E-state index is 14.0. The monoisotopic (exact) mass is 491 g/mol. The molecule has 1 aromatic carbocycles. The molecule has 4 aromatic rings. The first-order chi connectivity index (χ1) is 16.4. The number of amides is 1. The lowest BCUT2D eigenvalue weighted by Crippen LogP contribution is -2.27. The summed E-state index contributed by atoms with van der Waals surface area (Å²) in [4.78, 5) is 41.9. The maximum Gasteiger partial charge on any atom is 0.267 e. The molecule has 0 spiro atoms. The normalized spacial score (nSPS) is 14.1. The molecule has 9 heteroatoms. The van der Waals surface area contributed by atoms with Gasteiger partial charge >= 0.3 is 0 Å². The van der Waals surface area contributed by atoms with Gasteiger partial charge in [-0.05, 0) is 69.7 Å². The molecule has 1 unspecified atom stereocenters. The van der Waals surface area contributed by atoms with Crippen LogP contribution in [-0.4, -0.2) is 30.7 Å². The van der Waals surface area contributed by atoms with E-state index in [2.05, 4.69) is 21.4 Å². The van der Waals surface area contributed by atoms with Crippen molar-refractivity contribution in [2.24, 2.45) is 0 Å². The van der Waals surface area contributed by atoms with Gasteiger partial charge in [-0.15, -0.1) is 11.3 Å². The highest BCUT2D eigenvalue weighted by atomic mass is 32.2. The molecule has 5 rings (SSSR count). The van der Waals surface area contributed by atoms with E-state index < -0.39 is 5.25 Å². The number of thiophene rings is 1. The van der Waals surface area contributed by atoms with E-state index in [0.717, 1.165) is 58.3 Å². The van der Waals surface area contributed by atoms with Gasteiger partial charge in [0.1, 0.15) is 4.83 Å². The van der Waals surface area contributed by atoms with Crippen molar-refractivity contribution >= 4 is 45.2 Å². The average molecular weight is 492 g/mol. The van der Waals surface area contributed by atoms with Crippen LogP contribution in [0, 0.1) is 13.8 Å². The van der Waals surface area contributed by atoms with Gasteiger partial charge < -0.3 is 0 Å². The molecule has 0 saturated carbocycles. The van der Waals surface area contributed by atoms with E-state index >= 15 is 0 Å². The maximum atomic E-state index is 14.0. The van der Waals surface area contributed by atoms with Crippen LogP contribution < -0.4 is 10.9 Å². The number of aromatic nitrogens is 4. The Bertz CT molecular complexity index is 1450. The molecule has 1 atom stereocenters. The van der Waals surface area contributed by atoms with E-state index in [1.165, 1.54) is 16.6 Å². The Morgan fingerprint density at radius 1 is 1.18 bits per heavy atom. The molecule has 34 heavy (non-hydrogen) atoms. The molecule has 1 amide bonds. The van der Waals surface area contributed by atoms with E-state index in [9.17, 15) is 9.59 Å². The van der Waals surface area contributed by atoms with Gasteiger partial charge in [-0.3, -0.25) is 19.5 Å². The van der Waals surface area contributed by atoms with Crippen LogP contribution in [0.5, 0.6) is 0 Å². The van der Waals surface area contributed by atoms with Gasteiger partial charge in [0, 0.05) is 17.3 Å². The molecule has 1 aliphatic rings. The number of nitrogens with one attached hydrogen (secondary N) is 1. The van der Waals surface area contributed by atoms with Crippen LogP contribution in [0.15, 0.2) is 46.6 Å². The third kappa shape index (κ3) is 4.25. The number of nitrogens with zero attached hydrogens (tertiary/aromatic N) is 4. The molecule has 0 radical (unpaired) electrons. The summed E-state index contributed by atoms with van der Waals surface area (Å²) in [5.74, 6) is 0.00395. The zero-order chi connectivity index (χ0) is 23.8. The summed E-state index contributed by atoms with van der Waals surface area (Å²) in [6, 6.07) is 7.72. The van der Waals surface area contributed by atoms with E-state index in [1.54, 1.807) is 41.3 Å². The quantitative estimate of drug-likeness (QED) is 0.317. The topological polar surface area (TPSA) is 89.8 Å². The lowest BCUT2D eigenvalue weighted by molar-refractivity contribution is -0.115. The molecule has 174 valence electrons. The number of carbonyl (C=O) groups excluding carboxylic acids is 1. The number of thioether (sulfide) groups is 1. The third-order valence-corrected chi connectivity index (χ3v) is 8.24. The molecule has 7 nitrogen and oxygen atoms in total. The number of hydrogen-bond acceptors (Lipinski definition) is 7. The van der Waals surface area contributed by atoms with Crippen molar-refractivity contribution in [2.45, 2.75) is 56.9 Å². The minimum atomic E-state index is -0.514. The number of carbonyl (C=O) groups is 1. The van der Waals surface area contributed by atoms with Crippen LogP contribution in [0.25, 0.3) is 15.9 Å². The second-order valence-corrected chi connectivity index (χ2v) is 10.9. The molecule has 3 aromatic heterocycles. The first kappa shape index (κ1) is 22.7. The summed E-state index contributed by atoms with van der Waals surface area (Å²) in [7, 11) is 0. The Hall–Kier alpha value is -3.04. The lowest BCUT2D eigenvalue weighted by atomic mass is 9.97. The fourth-order valence-electron chi connectivity index (χ4n) is 4.32. The van der Waals surface area contributed by atoms with Crippen molar-refractivity contribution < 1.29 is 4.79 Å². The van der Waals surface area contributed by atoms with Gasteiger partial charge in [0.05, 0.1) is 16.3 Å². The van der Waals surface area contributed by atoms with E-state index in [4.69, 9.17) is 4.98 Å². The van der Waals surface area contributed by atoms with Crippen LogP contribution >= 0.6 is 23.1 Å². The molecule has 0 fully saturated rings. The van der Waals surface area contributed by atoms with Crippen LogP contribution in [0.4, 0.5) is 5.95 Å². The van der Waals surface area contributed by atoms with Crippen molar-refractivity contribution in [2.75, 3.05) is 5.32 Å². The third-order valence-electron chi connectivity index (χ3n) is 6.00. The highest BCUT2D eigenvalue weighted by Crippen LogP contribution is 2.36. The van der Waals surface area contributed by atoms with Crippen LogP contribution in [0.2, 0.25) is 0 Å². The van der Waals surface area contributed by atoms with Crippen LogP contribution in [0.1, 0.15) is 41.3 Å². The van der Waals surface area contributed by atoms with Crippen molar-refractivity contribution in [3.05, 3.63) is 68.6 Å². The Morgan fingerprint density at radius 3 is 2.71 bits per heavy atom. The predicted octanol–water partition coefficient (Wildman–Crippen LogP) is 4.85. The lowest BCUT2D eigenvalue weighted by Gasteiger charge is -2.17. The average Bonchev–Trinajstić information content (AvgIpc) is 3.19. The Labute approximate surface area is 205 Å². The minimum Gasteiger partial charge on any atom is -0.294 e. The van der Waals surface area contributed by atoms with Gasteiger partial charge in [-0.1, -0.05) is 29.5 Å². The molecule has 3 heterocycles. The largest absolute Gasteiger partial charge is 0.294 e. The van der Waals surface area contributed by atoms with E-state index in [1.807, 2.05) is 26.0 Å². The van der Waals surface area contributed by atoms with E-state index in [0.29, 0.717) is 5.16 Å². The fourth-order valence-corrected chi connectivity index (χ4v) is 6.54. The fraction of sp³-hybridized carbons (Fsp3) is 0.320. The van der Waals surface area contributed by atoms with Gasteiger partial charge in [0.15, 0.2) is 5.16 Å². The van der Waals surface area contributed by atoms with E-state index in [-0.39, 0.29) is 17.4 Å². The summed E-state index contributed by atoms with van der Waals surface area (Å²) in [6.45, 7) is 5.83. The van der Waals surface area contributed by atoms with Gasteiger partial charge in [-0.25, -0.2) is 15.0 Å². The molecule has 0 aliphatic heterocycles. The van der Waals surface area contributed by atoms with Crippen molar-refractivity contribution in [1.82, 2.24) is 19.5 Å². The first-order valence-corrected chi connectivity index (χ1v) is 13.0. The predicted molar refractivity (Wildman–Crippen MR) is 137 cm³/mol. The van der Waals surface area contributed by atoms with Gasteiger partial charge in [-0.2, -0.15) is 0 Å². The number of hydrogen-bond donors (Lipinski definition) is 1. The van der Waals surface area contributed by atoms with Crippen molar-refractivity contribution in [3.8, 4) is 5.69 Å². The van der Waals surface area contributed by atoms with Crippen molar-refractivity contribution in [3.63, 3.8) is 0 Å².